The van der Waals surface area contributed by atoms with Crippen LogP contribution < -0.4 is 0 Å². The van der Waals surface area contributed by atoms with Gasteiger partial charge in [-0.3, -0.25) is 4.79 Å². The maximum atomic E-state index is 12.2. The van der Waals surface area contributed by atoms with Gasteiger partial charge in [0, 0.05) is 12.8 Å². The SMILES string of the molecule is CCOC(=O)CCC1CC=C(OS(=O)(=O)C(F)(F)F)CC1. The number of alkyl halides is 3. The molecule has 0 fully saturated rings. The van der Waals surface area contributed by atoms with Crippen molar-refractivity contribution in [3.8, 4) is 0 Å². The zero-order valence-electron chi connectivity index (χ0n) is 11.5. The molecule has 0 bridgehead atoms. The second-order valence-electron chi connectivity index (χ2n) is 4.64. The van der Waals surface area contributed by atoms with Crippen LogP contribution in [0.5, 0.6) is 0 Å². The fourth-order valence-corrected chi connectivity index (χ4v) is 2.47. The lowest BCUT2D eigenvalue weighted by atomic mass is 9.89. The molecule has 0 N–H and O–H groups in total. The van der Waals surface area contributed by atoms with Crippen molar-refractivity contribution in [1.29, 1.82) is 0 Å². The summed E-state index contributed by atoms with van der Waals surface area (Å²) in [5.41, 5.74) is -5.42. The summed E-state index contributed by atoms with van der Waals surface area (Å²) in [6.45, 7) is 2.00. The van der Waals surface area contributed by atoms with Crippen molar-refractivity contribution in [2.24, 2.45) is 5.92 Å². The summed E-state index contributed by atoms with van der Waals surface area (Å²) >= 11 is 0. The van der Waals surface area contributed by atoms with Crippen LogP contribution in [0.25, 0.3) is 0 Å². The van der Waals surface area contributed by atoms with Gasteiger partial charge < -0.3 is 8.92 Å². The molecule has 0 heterocycles. The fourth-order valence-electron chi connectivity index (χ4n) is 1.95. The molecule has 9 heteroatoms. The standard InChI is InChI=1S/C12H17F3O5S/c1-2-19-11(16)8-5-9-3-6-10(7-4-9)20-21(17,18)12(13,14)15/h6,9H,2-5,7-8H2,1H3. The van der Waals surface area contributed by atoms with Crippen molar-refractivity contribution in [3.63, 3.8) is 0 Å². The van der Waals surface area contributed by atoms with Crippen molar-refractivity contribution in [3.05, 3.63) is 11.8 Å². The zero-order chi connectivity index (χ0) is 16.1. The monoisotopic (exact) mass is 330 g/mol. The van der Waals surface area contributed by atoms with E-state index in [0.29, 0.717) is 25.9 Å². The zero-order valence-corrected chi connectivity index (χ0v) is 12.3. The molecule has 5 nitrogen and oxygen atoms in total. The second-order valence-corrected chi connectivity index (χ2v) is 6.18. The summed E-state index contributed by atoms with van der Waals surface area (Å²) in [6, 6.07) is 0. The summed E-state index contributed by atoms with van der Waals surface area (Å²) in [4.78, 5) is 11.2. The molecular formula is C12H17F3O5S. The van der Waals surface area contributed by atoms with Crippen molar-refractivity contribution >= 4 is 16.1 Å². The Hall–Kier alpha value is -1.25. The van der Waals surface area contributed by atoms with E-state index in [1.54, 1.807) is 6.92 Å². The number of halogens is 3. The fraction of sp³-hybridized carbons (Fsp3) is 0.750. The van der Waals surface area contributed by atoms with Gasteiger partial charge in [0.25, 0.3) is 0 Å². The van der Waals surface area contributed by atoms with Crippen LogP contribution in [-0.4, -0.2) is 26.5 Å². The molecule has 0 spiro atoms. The number of hydrogen-bond acceptors (Lipinski definition) is 5. The summed E-state index contributed by atoms with van der Waals surface area (Å²) in [5, 5.41) is 0. The predicted octanol–water partition coefficient (Wildman–Crippen LogP) is 2.88. The number of ether oxygens (including phenoxy) is 1. The van der Waals surface area contributed by atoms with Gasteiger partial charge in [0.1, 0.15) is 5.76 Å². The molecule has 0 amide bonds. The minimum Gasteiger partial charge on any atom is -0.466 e. The van der Waals surface area contributed by atoms with Gasteiger partial charge in [-0.2, -0.15) is 21.6 Å². The van der Waals surface area contributed by atoms with E-state index in [2.05, 4.69) is 4.18 Å². The lowest BCUT2D eigenvalue weighted by Gasteiger charge is -2.21. The molecule has 21 heavy (non-hydrogen) atoms. The number of hydrogen-bond donors (Lipinski definition) is 0. The molecule has 1 aliphatic carbocycles. The van der Waals surface area contributed by atoms with Crippen LogP contribution in [0, 0.1) is 5.92 Å². The molecule has 0 aromatic carbocycles. The Labute approximate surface area is 121 Å². The first-order valence-electron chi connectivity index (χ1n) is 6.51. The highest BCUT2D eigenvalue weighted by Gasteiger charge is 2.48. The lowest BCUT2D eigenvalue weighted by molar-refractivity contribution is -0.143. The maximum absolute atomic E-state index is 12.2. The van der Waals surface area contributed by atoms with Crippen LogP contribution in [-0.2, 0) is 23.8 Å². The summed E-state index contributed by atoms with van der Waals surface area (Å²) in [6.07, 6.45) is 3.07. The molecule has 0 saturated heterocycles. The quantitative estimate of drug-likeness (QED) is 0.425. The molecule has 0 radical (unpaired) electrons. The van der Waals surface area contributed by atoms with Crippen LogP contribution in [0.15, 0.2) is 11.8 Å². The summed E-state index contributed by atoms with van der Waals surface area (Å²) < 4.78 is 67.0. The van der Waals surface area contributed by atoms with E-state index >= 15 is 0 Å². The van der Waals surface area contributed by atoms with Crippen molar-refractivity contribution in [1.82, 2.24) is 0 Å². The normalized spacial score (nSPS) is 19.8. The van der Waals surface area contributed by atoms with Crippen LogP contribution in [0.1, 0.15) is 39.0 Å². The van der Waals surface area contributed by atoms with E-state index in [-0.39, 0.29) is 30.5 Å². The van der Waals surface area contributed by atoms with Gasteiger partial charge in [-0.25, -0.2) is 0 Å². The van der Waals surface area contributed by atoms with Crippen LogP contribution in [0.4, 0.5) is 13.2 Å². The van der Waals surface area contributed by atoms with Crippen LogP contribution in [0.2, 0.25) is 0 Å². The number of carbonyl (C=O) groups excluding carboxylic acids is 1. The molecular weight excluding hydrogens is 313 g/mol. The van der Waals surface area contributed by atoms with E-state index in [0.717, 1.165) is 0 Å². The first-order valence-corrected chi connectivity index (χ1v) is 7.92. The Morgan fingerprint density at radius 3 is 2.57 bits per heavy atom. The van der Waals surface area contributed by atoms with Gasteiger partial charge in [-0.05, 0) is 38.2 Å². The van der Waals surface area contributed by atoms with Crippen molar-refractivity contribution < 1.29 is 35.3 Å². The van der Waals surface area contributed by atoms with E-state index in [4.69, 9.17) is 4.74 Å². The molecule has 0 aromatic heterocycles. The van der Waals surface area contributed by atoms with Crippen molar-refractivity contribution in [2.75, 3.05) is 6.61 Å². The van der Waals surface area contributed by atoms with E-state index in [1.807, 2.05) is 0 Å². The molecule has 0 aliphatic heterocycles. The Bertz CT molecular complexity index is 496. The minimum absolute atomic E-state index is 0.100. The topological polar surface area (TPSA) is 69.7 Å². The van der Waals surface area contributed by atoms with Crippen LogP contribution >= 0.6 is 0 Å². The first-order chi connectivity index (χ1) is 9.65. The number of carbonyl (C=O) groups is 1. The Kier molecular flexibility index (Phi) is 6.06. The number of allylic oxidation sites excluding steroid dienone is 2. The van der Waals surface area contributed by atoms with E-state index in [1.165, 1.54) is 6.08 Å². The predicted molar refractivity (Wildman–Crippen MR) is 67.4 cm³/mol. The second kappa shape index (κ2) is 7.15. The molecule has 122 valence electrons. The summed E-state index contributed by atoms with van der Waals surface area (Å²) in [7, 11) is -5.59. The molecule has 1 rings (SSSR count). The van der Waals surface area contributed by atoms with Gasteiger partial charge in [-0.15, -0.1) is 0 Å². The third-order valence-electron chi connectivity index (χ3n) is 3.04. The largest absolute Gasteiger partial charge is 0.534 e. The molecule has 1 unspecified atom stereocenters. The number of rotatable bonds is 6. The highest BCUT2D eigenvalue weighted by molar-refractivity contribution is 7.87. The van der Waals surface area contributed by atoms with Gasteiger partial charge in [-0.1, -0.05) is 0 Å². The minimum atomic E-state index is -5.59. The highest BCUT2D eigenvalue weighted by atomic mass is 32.2. The van der Waals surface area contributed by atoms with Crippen LogP contribution in [0.3, 0.4) is 0 Å². The lowest BCUT2D eigenvalue weighted by Crippen LogP contribution is -2.26. The third kappa shape index (κ3) is 5.56. The maximum Gasteiger partial charge on any atom is 0.534 e. The van der Waals surface area contributed by atoms with Gasteiger partial charge in [0.15, 0.2) is 0 Å². The average molecular weight is 330 g/mol. The van der Waals surface area contributed by atoms with E-state index in [9.17, 15) is 26.4 Å². The van der Waals surface area contributed by atoms with Gasteiger partial charge in [0.2, 0.25) is 0 Å². The van der Waals surface area contributed by atoms with Gasteiger partial charge in [0.05, 0.1) is 6.61 Å². The number of esters is 1. The average Bonchev–Trinajstić information content (AvgIpc) is 2.36. The van der Waals surface area contributed by atoms with Gasteiger partial charge >= 0.3 is 21.6 Å². The molecule has 1 aliphatic rings. The summed E-state index contributed by atoms with van der Waals surface area (Å²) in [5.74, 6) is -0.404. The smallest absolute Gasteiger partial charge is 0.466 e. The third-order valence-corrected chi connectivity index (χ3v) is 4.04. The molecule has 1 atom stereocenters. The Morgan fingerprint density at radius 2 is 2.10 bits per heavy atom. The van der Waals surface area contributed by atoms with Crippen molar-refractivity contribution in [2.45, 2.75) is 44.5 Å². The molecule has 0 aromatic rings. The molecule has 0 saturated carbocycles. The van der Waals surface area contributed by atoms with E-state index < -0.39 is 15.6 Å². The Balaban J connectivity index is 2.46. The highest BCUT2D eigenvalue weighted by Crippen LogP contribution is 2.32. The first kappa shape index (κ1) is 17.8. The Morgan fingerprint density at radius 1 is 1.43 bits per heavy atom.